The van der Waals surface area contributed by atoms with Crippen molar-refractivity contribution in [3.63, 3.8) is 0 Å². The summed E-state index contributed by atoms with van der Waals surface area (Å²) in [6.07, 6.45) is 4.34. The van der Waals surface area contributed by atoms with E-state index in [1.165, 1.54) is 34.8 Å². The van der Waals surface area contributed by atoms with E-state index in [1.807, 2.05) is 6.92 Å². The van der Waals surface area contributed by atoms with Crippen molar-refractivity contribution in [2.75, 3.05) is 5.32 Å². The number of fused-ring (bicyclic) bond motifs is 2. The van der Waals surface area contributed by atoms with Crippen LogP contribution in [0.5, 0.6) is 0 Å². The highest BCUT2D eigenvalue weighted by Gasteiger charge is 2.18. The van der Waals surface area contributed by atoms with Crippen LogP contribution >= 0.6 is 11.3 Å². The number of nitrogens with one attached hydrogen (secondary N) is 1. The number of thiazole rings is 1. The summed E-state index contributed by atoms with van der Waals surface area (Å²) in [5.41, 5.74) is 2.85. The molecule has 2 heterocycles. The molecule has 24 heavy (non-hydrogen) atoms. The fourth-order valence-corrected chi connectivity index (χ4v) is 4.13. The molecule has 0 radical (unpaired) electrons. The molecule has 4 rings (SSSR count). The van der Waals surface area contributed by atoms with Crippen molar-refractivity contribution in [3.8, 4) is 0 Å². The summed E-state index contributed by atoms with van der Waals surface area (Å²) in [5.74, 6) is -0.658. The fraction of sp³-hybridized carbons (Fsp3) is 0.278. The van der Waals surface area contributed by atoms with Gasteiger partial charge >= 0.3 is 0 Å². The maximum absolute atomic E-state index is 13.6. The third kappa shape index (κ3) is 2.78. The van der Waals surface area contributed by atoms with E-state index in [-0.39, 0.29) is 11.7 Å². The molecule has 1 aromatic carbocycles. The molecule has 0 saturated carbocycles. The molecule has 1 amide bonds. The van der Waals surface area contributed by atoms with Gasteiger partial charge in [0, 0.05) is 16.0 Å². The predicted molar refractivity (Wildman–Crippen MR) is 93.1 cm³/mol. The SMILES string of the molecule is Cc1cc(C(=O)Nc2nc3c(s2)CCCC3)c2cc(F)ccc2n1. The molecule has 0 bridgehead atoms. The zero-order valence-corrected chi connectivity index (χ0v) is 14.0. The standard InChI is InChI=1S/C18H16FN3OS/c1-10-8-13(12-9-11(19)6-7-14(12)20-10)17(23)22-18-21-15-4-2-3-5-16(15)24-18/h6-9H,2-5H2,1H3,(H,21,22,23). The lowest BCUT2D eigenvalue weighted by molar-refractivity contribution is 0.102. The van der Waals surface area contributed by atoms with Crippen molar-refractivity contribution in [2.24, 2.45) is 0 Å². The number of halogens is 1. The Morgan fingerprint density at radius 1 is 1.21 bits per heavy atom. The van der Waals surface area contributed by atoms with E-state index >= 15 is 0 Å². The smallest absolute Gasteiger partial charge is 0.258 e. The summed E-state index contributed by atoms with van der Waals surface area (Å²) in [6, 6.07) is 5.98. The molecule has 3 aromatic rings. The first kappa shape index (κ1) is 15.2. The normalized spacial score (nSPS) is 13.8. The average Bonchev–Trinajstić information content (AvgIpc) is 2.96. The minimum atomic E-state index is -0.382. The lowest BCUT2D eigenvalue weighted by Crippen LogP contribution is -2.13. The third-order valence-corrected chi connectivity index (χ3v) is 5.28. The van der Waals surface area contributed by atoms with Gasteiger partial charge < -0.3 is 0 Å². The lowest BCUT2D eigenvalue weighted by atomic mass is 10.0. The van der Waals surface area contributed by atoms with Crippen molar-refractivity contribution in [3.05, 3.63) is 51.9 Å². The highest BCUT2D eigenvalue weighted by atomic mass is 32.1. The summed E-state index contributed by atoms with van der Waals surface area (Å²) in [7, 11) is 0. The molecule has 6 heteroatoms. The molecule has 2 aromatic heterocycles. The van der Waals surface area contributed by atoms with Crippen molar-refractivity contribution < 1.29 is 9.18 Å². The van der Waals surface area contributed by atoms with Crippen LogP contribution in [0.1, 0.15) is 39.5 Å². The van der Waals surface area contributed by atoms with Crippen LogP contribution in [-0.2, 0) is 12.8 Å². The molecule has 0 spiro atoms. The zero-order chi connectivity index (χ0) is 16.7. The quantitative estimate of drug-likeness (QED) is 0.757. The van der Waals surface area contributed by atoms with E-state index in [9.17, 15) is 9.18 Å². The third-order valence-electron chi connectivity index (χ3n) is 4.21. The lowest BCUT2D eigenvalue weighted by Gasteiger charge is -2.07. The first-order chi connectivity index (χ1) is 11.6. The molecule has 4 nitrogen and oxygen atoms in total. The monoisotopic (exact) mass is 341 g/mol. The fourth-order valence-electron chi connectivity index (χ4n) is 3.09. The Morgan fingerprint density at radius 2 is 2.04 bits per heavy atom. The molecule has 1 aliphatic rings. The average molecular weight is 341 g/mol. The van der Waals surface area contributed by atoms with E-state index in [0.717, 1.165) is 30.7 Å². The summed E-state index contributed by atoms with van der Waals surface area (Å²) in [4.78, 5) is 22.9. The molecule has 122 valence electrons. The molecular weight excluding hydrogens is 325 g/mol. The van der Waals surface area contributed by atoms with Crippen LogP contribution < -0.4 is 5.32 Å². The molecular formula is C18H16FN3OS. The number of pyridine rings is 1. The van der Waals surface area contributed by atoms with Gasteiger partial charge in [-0.15, -0.1) is 11.3 Å². The number of amides is 1. The topological polar surface area (TPSA) is 54.9 Å². The number of aryl methyl sites for hydroxylation is 3. The summed E-state index contributed by atoms with van der Waals surface area (Å²) in [5, 5.41) is 4.00. The Morgan fingerprint density at radius 3 is 2.88 bits per heavy atom. The van der Waals surface area contributed by atoms with Gasteiger partial charge in [-0.1, -0.05) is 0 Å². The predicted octanol–water partition coefficient (Wildman–Crippen LogP) is 4.27. The largest absolute Gasteiger partial charge is 0.298 e. The second-order valence-corrected chi connectivity index (χ2v) is 7.11. The summed E-state index contributed by atoms with van der Waals surface area (Å²) < 4.78 is 13.6. The number of nitrogens with zero attached hydrogens (tertiary/aromatic N) is 2. The number of carbonyl (C=O) groups excluding carboxylic acids is 1. The van der Waals surface area contributed by atoms with Gasteiger partial charge in [0.05, 0.1) is 16.8 Å². The number of rotatable bonds is 2. The molecule has 0 aliphatic heterocycles. The van der Waals surface area contributed by atoms with Gasteiger partial charge in [0.15, 0.2) is 5.13 Å². The zero-order valence-electron chi connectivity index (χ0n) is 13.2. The maximum Gasteiger partial charge on any atom is 0.258 e. The molecule has 0 atom stereocenters. The number of aromatic nitrogens is 2. The van der Waals surface area contributed by atoms with Gasteiger partial charge in [-0.3, -0.25) is 15.1 Å². The number of hydrogen-bond donors (Lipinski definition) is 1. The van der Waals surface area contributed by atoms with Crippen LogP contribution in [0.2, 0.25) is 0 Å². The van der Waals surface area contributed by atoms with Crippen LogP contribution in [0.25, 0.3) is 10.9 Å². The van der Waals surface area contributed by atoms with E-state index in [1.54, 1.807) is 12.1 Å². The minimum absolute atomic E-state index is 0.276. The molecule has 1 N–H and O–H groups in total. The highest BCUT2D eigenvalue weighted by molar-refractivity contribution is 7.15. The Hall–Kier alpha value is -2.34. The number of carbonyl (C=O) groups is 1. The van der Waals surface area contributed by atoms with E-state index in [0.29, 0.717) is 21.6 Å². The number of benzene rings is 1. The molecule has 1 aliphatic carbocycles. The van der Waals surface area contributed by atoms with Crippen LogP contribution in [0.3, 0.4) is 0 Å². The van der Waals surface area contributed by atoms with Gasteiger partial charge in [-0.2, -0.15) is 0 Å². The first-order valence-electron chi connectivity index (χ1n) is 7.97. The van der Waals surface area contributed by atoms with Crippen LogP contribution in [-0.4, -0.2) is 15.9 Å². The number of hydrogen-bond acceptors (Lipinski definition) is 4. The number of anilines is 1. The van der Waals surface area contributed by atoms with E-state index in [4.69, 9.17) is 0 Å². The maximum atomic E-state index is 13.6. The van der Waals surface area contributed by atoms with Gasteiger partial charge in [-0.25, -0.2) is 9.37 Å². The van der Waals surface area contributed by atoms with Crippen molar-refractivity contribution >= 4 is 33.3 Å². The van der Waals surface area contributed by atoms with Crippen molar-refractivity contribution in [1.82, 2.24) is 9.97 Å². The van der Waals surface area contributed by atoms with Gasteiger partial charge in [0.2, 0.25) is 0 Å². The van der Waals surface area contributed by atoms with Crippen LogP contribution in [0, 0.1) is 12.7 Å². The highest BCUT2D eigenvalue weighted by Crippen LogP contribution is 2.30. The Kier molecular flexibility index (Phi) is 3.76. The van der Waals surface area contributed by atoms with Crippen LogP contribution in [0.4, 0.5) is 9.52 Å². The van der Waals surface area contributed by atoms with Gasteiger partial charge in [0.1, 0.15) is 5.82 Å². The molecule has 0 saturated heterocycles. The molecule has 0 fully saturated rings. The summed E-state index contributed by atoms with van der Waals surface area (Å²) in [6.45, 7) is 1.82. The Bertz CT molecular complexity index is 927. The van der Waals surface area contributed by atoms with E-state index < -0.39 is 0 Å². The second-order valence-electron chi connectivity index (χ2n) is 6.02. The van der Waals surface area contributed by atoms with Crippen molar-refractivity contribution in [2.45, 2.75) is 32.6 Å². The first-order valence-corrected chi connectivity index (χ1v) is 8.78. The van der Waals surface area contributed by atoms with Gasteiger partial charge in [-0.05, 0) is 56.9 Å². The Labute approximate surface area is 142 Å². The van der Waals surface area contributed by atoms with Crippen LogP contribution in [0.15, 0.2) is 24.3 Å². The Balaban J connectivity index is 1.70. The molecule has 0 unspecified atom stereocenters. The minimum Gasteiger partial charge on any atom is -0.298 e. The summed E-state index contributed by atoms with van der Waals surface area (Å²) >= 11 is 1.54. The van der Waals surface area contributed by atoms with E-state index in [2.05, 4.69) is 15.3 Å². The second kappa shape index (κ2) is 5.94. The van der Waals surface area contributed by atoms with Gasteiger partial charge in [0.25, 0.3) is 5.91 Å². The van der Waals surface area contributed by atoms with Crippen molar-refractivity contribution in [1.29, 1.82) is 0 Å².